The van der Waals surface area contributed by atoms with E-state index >= 15 is 0 Å². The Kier molecular flexibility index (Phi) is 6.51. The molecule has 30 heavy (non-hydrogen) atoms. The third kappa shape index (κ3) is 5.47. The summed E-state index contributed by atoms with van der Waals surface area (Å²) in [6.45, 7) is 3.62. The number of nitrogens with zero attached hydrogens (tertiary/aromatic N) is 1. The van der Waals surface area contributed by atoms with Gasteiger partial charge < -0.3 is 19.4 Å². The van der Waals surface area contributed by atoms with Gasteiger partial charge in [-0.15, -0.1) is 0 Å². The van der Waals surface area contributed by atoms with Crippen LogP contribution in [-0.2, 0) is 25.7 Å². The van der Waals surface area contributed by atoms with Crippen LogP contribution in [0.25, 0.3) is 0 Å². The van der Waals surface area contributed by atoms with E-state index in [-0.39, 0.29) is 25.4 Å². The fourth-order valence-corrected chi connectivity index (χ4v) is 3.20. The molecule has 0 saturated carbocycles. The molecule has 0 radical (unpaired) electrons. The number of hydrogen-bond donors (Lipinski definition) is 2. The summed E-state index contributed by atoms with van der Waals surface area (Å²) in [7, 11) is 0. The zero-order chi connectivity index (χ0) is 21.7. The van der Waals surface area contributed by atoms with E-state index in [1.165, 1.54) is 11.2 Å². The number of urea groups is 1. The molecular formula is C21H23N3O6. The van der Waals surface area contributed by atoms with E-state index in [0.717, 1.165) is 11.1 Å². The van der Waals surface area contributed by atoms with Gasteiger partial charge in [-0.05, 0) is 37.6 Å². The predicted octanol–water partition coefficient (Wildman–Crippen LogP) is 2.14. The van der Waals surface area contributed by atoms with E-state index in [1.807, 2.05) is 26.0 Å². The molecule has 2 aromatic rings. The SMILES string of the molecule is Cc1ccc(NC(=O)NC(=O)COC(=O)[C@H]2CC(=O)N(Cc3ccco3)C2)c(C)c1. The molecule has 9 nitrogen and oxygen atoms in total. The number of benzene rings is 1. The number of amides is 4. The molecule has 9 heteroatoms. The van der Waals surface area contributed by atoms with Crippen molar-refractivity contribution in [1.29, 1.82) is 0 Å². The van der Waals surface area contributed by atoms with Crippen molar-refractivity contribution >= 4 is 29.5 Å². The lowest BCUT2D eigenvalue weighted by Gasteiger charge is -2.14. The van der Waals surface area contributed by atoms with Gasteiger partial charge in [-0.25, -0.2) is 4.79 Å². The number of furan rings is 1. The molecule has 0 bridgehead atoms. The summed E-state index contributed by atoms with van der Waals surface area (Å²) in [6, 6.07) is 8.22. The summed E-state index contributed by atoms with van der Waals surface area (Å²) < 4.78 is 10.2. The van der Waals surface area contributed by atoms with Gasteiger partial charge in [0.25, 0.3) is 5.91 Å². The second-order valence-corrected chi connectivity index (χ2v) is 7.18. The number of esters is 1. The van der Waals surface area contributed by atoms with E-state index in [0.29, 0.717) is 11.4 Å². The molecule has 1 aromatic heterocycles. The molecule has 1 aliphatic heterocycles. The summed E-state index contributed by atoms with van der Waals surface area (Å²) >= 11 is 0. The predicted molar refractivity (Wildman–Crippen MR) is 106 cm³/mol. The van der Waals surface area contributed by atoms with Crippen LogP contribution >= 0.6 is 0 Å². The van der Waals surface area contributed by atoms with Gasteiger partial charge in [0.2, 0.25) is 5.91 Å². The van der Waals surface area contributed by atoms with Crippen LogP contribution in [0.15, 0.2) is 41.0 Å². The number of anilines is 1. The van der Waals surface area contributed by atoms with Crippen molar-refractivity contribution in [2.45, 2.75) is 26.8 Å². The monoisotopic (exact) mass is 413 g/mol. The Hall–Kier alpha value is -3.62. The largest absolute Gasteiger partial charge is 0.467 e. The zero-order valence-corrected chi connectivity index (χ0v) is 16.8. The maximum atomic E-state index is 12.2. The average molecular weight is 413 g/mol. The Morgan fingerprint density at radius 1 is 1.23 bits per heavy atom. The molecule has 2 N–H and O–H groups in total. The van der Waals surface area contributed by atoms with Crippen molar-refractivity contribution in [1.82, 2.24) is 10.2 Å². The number of carbonyl (C=O) groups excluding carboxylic acids is 4. The average Bonchev–Trinajstić information content (AvgIpc) is 3.32. The Morgan fingerprint density at radius 3 is 2.73 bits per heavy atom. The maximum absolute atomic E-state index is 12.2. The van der Waals surface area contributed by atoms with Gasteiger partial charge in [0, 0.05) is 18.7 Å². The van der Waals surface area contributed by atoms with E-state index in [9.17, 15) is 19.2 Å². The van der Waals surface area contributed by atoms with Crippen LogP contribution in [0, 0.1) is 19.8 Å². The molecule has 3 rings (SSSR count). The minimum Gasteiger partial charge on any atom is -0.467 e. The summed E-state index contributed by atoms with van der Waals surface area (Å²) in [4.78, 5) is 49.6. The van der Waals surface area contributed by atoms with Gasteiger partial charge in [0.05, 0.1) is 18.7 Å². The summed E-state index contributed by atoms with van der Waals surface area (Å²) in [5.41, 5.74) is 2.48. The maximum Gasteiger partial charge on any atom is 0.325 e. The molecule has 1 aromatic carbocycles. The molecule has 1 saturated heterocycles. The van der Waals surface area contributed by atoms with Gasteiger partial charge in [0.1, 0.15) is 5.76 Å². The van der Waals surface area contributed by atoms with Crippen LogP contribution < -0.4 is 10.6 Å². The Balaban J connectivity index is 1.42. The van der Waals surface area contributed by atoms with Crippen LogP contribution in [-0.4, -0.2) is 41.9 Å². The van der Waals surface area contributed by atoms with Gasteiger partial charge in [-0.1, -0.05) is 17.7 Å². The van der Waals surface area contributed by atoms with Crippen LogP contribution in [0.5, 0.6) is 0 Å². The summed E-state index contributed by atoms with van der Waals surface area (Å²) in [5.74, 6) is -1.65. The standard InChI is InChI=1S/C21H23N3O6/c1-13-5-6-17(14(2)8-13)22-21(28)23-18(25)12-30-20(27)15-9-19(26)24(10-15)11-16-4-3-7-29-16/h3-8,15H,9-12H2,1-2H3,(H2,22,23,25,28)/t15-/m0/s1. The van der Waals surface area contributed by atoms with E-state index < -0.39 is 30.4 Å². The van der Waals surface area contributed by atoms with Crippen LogP contribution in [0.2, 0.25) is 0 Å². The number of nitrogens with one attached hydrogen (secondary N) is 2. The van der Waals surface area contributed by atoms with Crippen LogP contribution in [0.1, 0.15) is 23.3 Å². The van der Waals surface area contributed by atoms with Crippen LogP contribution in [0.3, 0.4) is 0 Å². The van der Waals surface area contributed by atoms with E-state index in [4.69, 9.17) is 9.15 Å². The molecule has 1 fully saturated rings. The van der Waals surface area contributed by atoms with Crippen molar-refractivity contribution in [3.05, 3.63) is 53.5 Å². The second kappa shape index (κ2) is 9.25. The molecule has 0 aliphatic carbocycles. The number of aryl methyl sites for hydroxylation is 2. The fraction of sp³-hybridized carbons (Fsp3) is 0.333. The zero-order valence-electron chi connectivity index (χ0n) is 16.8. The second-order valence-electron chi connectivity index (χ2n) is 7.18. The number of likely N-dealkylation sites (tertiary alicyclic amines) is 1. The van der Waals surface area contributed by atoms with Gasteiger partial charge in [-0.2, -0.15) is 0 Å². The Labute approximate surface area is 173 Å². The first kappa shape index (κ1) is 21.1. The lowest BCUT2D eigenvalue weighted by Crippen LogP contribution is -2.38. The highest BCUT2D eigenvalue weighted by Gasteiger charge is 2.36. The van der Waals surface area contributed by atoms with Crippen molar-refractivity contribution in [2.75, 3.05) is 18.5 Å². The molecule has 4 amide bonds. The number of rotatable bonds is 6. The van der Waals surface area contributed by atoms with Gasteiger partial charge >= 0.3 is 12.0 Å². The van der Waals surface area contributed by atoms with Gasteiger partial charge in [-0.3, -0.25) is 19.7 Å². The highest BCUT2D eigenvalue weighted by Crippen LogP contribution is 2.21. The summed E-state index contributed by atoms with van der Waals surface area (Å²) in [6.07, 6.45) is 1.52. The van der Waals surface area contributed by atoms with Crippen molar-refractivity contribution in [3.8, 4) is 0 Å². The highest BCUT2D eigenvalue weighted by molar-refractivity contribution is 6.02. The first-order chi connectivity index (χ1) is 14.3. The molecule has 0 unspecified atom stereocenters. The quantitative estimate of drug-likeness (QED) is 0.701. The third-order valence-corrected chi connectivity index (χ3v) is 4.70. The lowest BCUT2D eigenvalue weighted by atomic mass is 10.1. The lowest BCUT2D eigenvalue weighted by molar-refractivity contribution is -0.152. The molecule has 1 aliphatic rings. The van der Waals surface area contributed by atoms with E-state index in [1.54, 1.807) is 18.2 Å². The minimum atomic E-state index is -0.762. The fourth-order valence-electron chi connectivity index (χ4n) is 3.20. The van der Waals surface area contributed by atoms with Crippen molar-refractivity contribution in [3.63, 3.8) is 0 Å². The summed E-state index contributed by atoms with van der Waals surface area (Å²) in [5, 5.41) is 4.68. The Bertz CT molecular complexity index is 954. The number of carbonyl (C=O) groups is 4. The van der Waals surface area contributed by atoms with Crippen molar-refractivity contribution < 1.29 is 28.3 Å². The Morgan fingerprint density at radius 2 is 2.03 bits per heavy atom. The molecule has 2 heterocycles. The normalized spacial score (nSPS) is 15.7. The highest BCUT2D eigenvalue weighted by atomic mass is 16.5. The molecule has 1 atom stereocenters. The minimum absolute atomic E-state index is 0.00828. The first-order valence-electron chi connectivity index (χ1n) is 9.46. The molecular weight excluding hydrogens is 390 g/mol. The van der Waals surface area contributed by atoms with Gasteiger partial charge in [0.15, 0.2) is 6.61 Å². The number of imide groups is 1. The topological polar surface area (TPSA) is 118 Å². The smallest absolute Gasteiger partial charge is 0.325 e. The first-order valence-corrected chi connectivity index (χ1v) is 9.46. The van der Waals surface area contributed by atoms with Crippen molar-refractivity contribution in [2.24, 2.45) is 5.92 Å². The molecule has 0 spiro atoms. The third-order valence-electron chi connectivity index (χ3n) is 4.70. The van der Waals surface area contributed by atoms with E-state index in [2.05, 4.69) is 10.6 Å². The number of hydrogen-bond acceptors (Lipinski definition) is 6. The van der Waals surface area contributed by atoms with Crippen LogP contribution in [0.4, 0.5) is 10.5 Å². The molecule has 158 valence electrons. The number of ether oxygens (including phenoxy) is 1.